The summed E-state index contributed by atoms with van der Waals surface area (Å²) in [5, 5.41) is 4.55. The average Bonchev–Trinajstić information content (AvgIpc) is 1.81. The lowest BCUT2D eigenvalue weighted by Crippen LogP contribution is -2.14. The third-order valence-electron chi connectivity index (χ3n) is 0.667. The lowest BCUT2D eigenvalue weighted by atomic mass is 10.8. The number of sulfonamides is 1. The van der Waals surface area contributed by atoms with Crippen molar-refractivity contribution in [3.05, 3.63) is 25.3 Å². The number of primary sulfonamides is 1. The Hall–Kier alpha value is -0.370. The summed E-state index contributed by atoms with van der Waals surface area (Å²) in [7, 11) is -1.88. The predicted octanol–water partition coefficient (Wildman–Crippen LogP) is 1.47. The summed E-state index contributed by atoms with van der Waals surface area (Å²) in [4.78, 5) is 0. The third-order valence-corrected chi connectivity index (χ3v) is 2.38. The monoisotopic (exact) mass is 293 g/mol. The molecule has 5 nitrogen and oxygen atoms in total. The van der Waals surface area contributed by atoms with Gasteiger partial charge in [0.25, 0.3) is 0 Å². The van der Waals surface area contributed by atoms with Gasteiger partial charge in [-0.3, -0.25) is 0 Å². The minimum atomic E-state index is -3.32. The first-order valence-corrected chi connectivity index (χ1v) is 7.46. The highest BCUT2D eigenvalue weighted by Gasteiger charge is 1.97. The maximum absolute atomic E-state index is 9.94. The molecule has 0 aliphatic heterocycles. The van der Waals surface area contributed by atoms with Gasteiger partial charge in [-0.25, -0.2) is 22.0 Å². The van der Waals surface area contributed by atoms with E-state index in [9.17, 15) is 16.8 Å². The highest BCUT2D eigenvalue weighted by Crippen LogP contribution is 1.93. The Labute approximate surface area is 103 Å². The fourth-order valence-electron chi connectivity index (χ4n) is 0.305. The highest BCUT2D eigenvalue weighted by atomic mass is 35.7. The molecule has 0 aliphatic carbocycles. The molecule has 0 spiro atoms. The second kappa shape index (κ2) is 11.1. The molecule has 0 aromatic carbocycles. The van der Waals surface area contributed by atoms with E-state index < -0.39 is 19.1 Å². The van der Waals surface area contributed by atoms with Crippen molar-refractivity contribution in [3.8, 4) is 0 Å². The van der Waals surface area contributed by atoms with Gasteiger partial charge >= 0.3 is 0 Å². The van der Waals surface area contributed by atoms with Crippen molar-refractivity contribution in [1.29, 1.82) is 0 Å². The molecule has 16 heavy (non-hydrogen) atoms. The largest absolute Gasteiger partial charge is 0.236 e. The number of rotatable bonds is 4. The molecule has 0 rings (SSSR count). The van der Waals surface area contributed by atoms with E-state index in [1.807, 2.05) is 0 Å². The van der Waals surface area contributed by atoms with E-state index >= 15 is 0 Å². The van der Waals surface area contributed by atoms with Crippen molar-refractivity contribution >= 4 is 29.8 Å². The van der Waals surface area contributed by atoms with E-state index in [2.05, 4.69) is 18.3 Å². The van der Waals surface area contributed by atoms with Crippen LogP contribution in [0.5, 0.6) is 0 Å². The first-order valence-electron chi connectivity index (χ1n) is 3.27. The van der Waals surface area contributed by atoms with Gasteiger partial charge in [0.2, 0.25) is 19.1 Å². The highest BCUT2D eigenvalue weighted by molar-refractivity contribution is 8.13. The van der Waals surface area contributed by atoms with Crippen LogP contribution >= 0.6 is 10.7 Å². The third kappa shape index (κ3) is 37.3. The molecule has 0 atom stereocenters. The van der Waals surface area contributed by atoms with Gasteiger partial charge in [0, 0.05) is 10.7 Å². The molecule has 0 amide bonds. The molecule has 0 heterocycles. The smallest absolute Gasteiger partial charge is 0.228 e. The Morgan fingerprint density at radius 1 is 1.00 bits per heavy atom. The first-order chi connectivity index (χ1) is 6.12. The fraction of sp³-hybridized carbons (Fsp3) is 0.500. The molecule has 100 valence electrons. The second-order valence-corrected chi connectivity index (χ2v) is 6.59. The molecule has 0 bridgehead atoms. The van der Waals surface area contributed by atoms with Gasteiger partial charge in [-0.2, -0.15) is 0 Å². The molecular formula is C8H20ClNO4S2. The van der Waals surface area contributed by atoms with E-state index in [1.54, 1.807) is 0 Å². The Bertz CT molecular complexity index is 335. The van der Waals surface area contributed by atoms with Gasteiger partial charge in [0.05, 0.1) is 11.5 Å². The van der Waals surface area contributed by atoms with E-state index in [1.165, 1.54) is 12.2 Å². The summed E-state index contributed by atoms with van der Waals surface area (Å²) in [6, 6.07) is 0. The average molecular weight is 294 g/mol. The van der Waals surface area contributed by atoms with Crippen LogP contribution in [0.4, 0.5) is 0 Å². The molecule has 0 saturated carbocycles. The van der Waals surface area contributed by atoms with Gasteiger partial charge in [0.15, 0.2) is 0 Å². The van der Waals surface area contributed by atoms with Crippen molar-refractivity contribution in [2.24, 2.45) is 5.14 Å². The molecule has 0 radical (unpaired) electrons. The maximum atomic E-state index is 9.94. The number of nitrogens with two attached hydrogens (primary N) is 1. The number of hydrogen-bond donors (Lipinski definition) is 1. The zero-order chi connectivity index (χ0) is 11.8. The van der Waals surface area contributed by atoms with Crippen LogP contribution in [0, 0.1) is 0 Å². The Balaban J connectivity index is -0.0000000800. The van der Waals surface area contributed by atoms with Crippen molar-refractivity contribution < 1.29 is 16.8 Å². The molecule has 0 unspecified atom stereocenters. The summed E-state index contributed by atoms with van der Waals surface area (Å²) in [5.41, 5.74) is 0. The van der Waals surface area contributed by atoms with E-state index in [4.69, 9.17) is 10.7 Å². The molecule has 2 N–H and O–H groups in total. The Kier molecular flexibility index (Phi) is 17.2. The van der Waals surface area contributed by atoms with Crippen molar-refractivity contribution in [2.75, 3.05) is 11.5 Å². The topological polar surface area (TPSA) is 94.3 Å². The van der Waals surface area contributed by atoms with Crippen LogP contribution < -0.4 is 5.14 Å². The lowest BCUT2D eigenvalue weighted by molar-refractivity contribution is 0.600. The van der Waals surface area contributed by atoms with Crippen molar-refractivity contribution in [1.82, 2.24) is 0 Å². The Morgan fingerprint density at radius 2 is 1.31 bits per heavy atom. The van der Waals surface area contributed by atoms with E-state index in [0.29, 0.717) is 0 Å². The van der Waals surface area contributed by atoms with Crippen LogP contribution in [0.25, 0.3) is 0 Å². The molecule has 0 aliphatic rings. The number of halogens is 1. The maximum Gasteiger partial charge on any atom is 0.236 e. The Morgan fingerprint density at radius 3 is 1.31 bits per heavy atom. The lowest BCUT2D eigenvalue weighted by Gasteiger charge is -1.83. The van der Waals surface area contributed by atoms with Crippen LogP contribution in [0.3, 0.4) is 0 Å². The summed E-state index contributed by atoms with van der Waals surface area (Å²) < 4.78 is 39.7. The van der Waals surface area contributed by atoms with Crippen molar-refractivity contribution in [3.63, 3.8) is 0 Å². The SMILES string of the molecule is C.C.C=CCS(=O)(=O)Cl.C=CCS(N)(=O)=O. The minimum Gasteiger partial charge on any atom is -0.228 e. The van der Waals surface area contributed by atoms with Crippen LogP contribution in [0.1, 0.15) is 14.9 Å². The summed E-state index contributed by atoms with van der Waals surface area (Å²) in [6.07, 6.45) is 2.48. The van der Waals surface area contributed by atoms with Crippen LogP contribution in [-0.4, -0.2) is 28.3 Å². The van der Waals surface area contributed by atoms with Gasteiger partial charge in [-0.1, -0.05) is 27.0 Å². The predicted molar refractivity (Wildman–Crippen MR) is 71.5 cm³/mol. The molecule has 0 aromatic rings. The molecule has 8 heteroatoms. The molecular weight excluding hydrogens is 274 g/mol. The van der Waals surface area contributed by atoms with Crippen LogP contribution in [-0.2, 0) is 19.1 Å². The van der Waals surface area contributed by atoms with Gasteiger partial charge in [0.1, 0.15) is 0 Å². The van der Waals surface area contributed by atoms with E-state index in [0.717, 1.165) is 0 Å². The van der Waals surface area contributed by atoms with Crippen molar-refractivity contribution in [2.45, 2.75) is 14.9 Å². The molecule has 0 saturated heterocycles. The standard InChI is InChI=1S/C3H5ClO2S.C3H7NO2S.2CH4/c2*1-2-3-7(4,5)6;;/h2H,1,3H2;2H,1,3H2,(H2,4,5,6);2*1H4. The summed E-state index contributed by atoms with van der Waals surface area (Å²) in [5.74, 6) is -0.304. The van der Waals surface area contributed by atoms with Gasteiger partial charge in [-0.05, 0) is 0 Å². The molecule has 0 aromatic heterocycles. The van der Waals surface area contributed by atoms with E-state index in [-0.39, 0.29) is 26.4 Å². The minimum absolute atomic E-state index is 0. The molecule has 0 fully saturated rings. The normalized spacial score (nSPS) is 9.62. The second-order valence-electron chi connectivity index (χ2n) is 2.11. The fourth-order valence-corrected chi connectivity index (χ4v) is 1.18. The first kappa shape index (κ1) is 24.7. The summed E-state index contributed by atoms with van der Waals surface area (Å²) >= 11 is 0. The quantitative estimate of drug-likeness (QED) is 0.627. The van der Waals surface area contributed by atoms with Crippen LogP contribution in [0.2, 0.25) is 0 Å². The zero-order valence-electron chi connectivity index (χ0n) is 7.39. The summed E-state index contributed by atoms with van der Waals surface area (Å²) in [6.45, 7) is 6.37. The van der Waals surface area contributed by atoms with Crippen LogP contribution in [0.15, 0.2) is 25.3 Å². The zero-order valence-corrected chi connectivity index (χ0v) is 9.78. The van der Waals surface area contributed by atoms with Gasteiger partial charge in [-0.15, -0.1) is 13.2 Å². The number of hydrogen-bond acceptors (Lipinski definition) is 4. The van der Waals surface area contributed by atoms with Gasteiger partial charge < -0.3 is 0 Å².